The van der Waals surface area contributed by atoms with Crippen molar-refractivity contribution in [3.63, 3.8) is 0 Å². The summed E-state index contributed by atoms with van der Waals surface area (Å²) in [5.41, 5.74) is 1.99. The Morgan fingerprint density at radius 2 is 2.06 bits per heavy atom. The predicted molar refractivity (Wildman–Crippen MR) is 62.4 cm³/mol. The maximum absolute atomic E-state index is 11.9. The molecule has 0 saturated carbocycles. The third kappa shape index (κ3) is 2.37. The number of Topliss-reactive ketones (excluding diaryl/α,β-unsaturated/α-hetero) is 1. The first-order valence-electron chi connectivity index (χ1n) is 5.39. The minimum Gasteiger partial charge on any atom is -0.292 e. The van der Waals surface area contributed by atoms with E-state index >= 15 is 0 Å². The number of hydrogen-bond donors (Lipinski definition) is 0. The molecule has 3 nitrogen and oxygen atoms in total. The molecule has 0 saturated heterocycles. The number of benzene rings is 1. The standard InChI is InChI=1S/C13H14N2O/c1-2-11-4-6-12(7-5-11)13(16)10-15-9-3-8-14-15/h3-9H,2,10H2,1H3. The van der Waals surface area contributed by atoms with Gasteiger partial charge in [0.1, 0.15) is 6.54 Å². The SMILES string of the molecule is CCc1ccc(C(=O)Cn2cccn2)cc1. The van der Waals surface area contributed by atoms with E-state index in [9.17, 15) is 4.79 Å². The maximum atomic E-state index is 11.9. The monoisotopic (exact) mass is 214 g/mol. The van der Waals surface area contributed by atoms with E-state index in [4.69, 9.17) is 0 Å². The Morgan fingerprint density at radius 1 is 1.31 bits per heavy atom. The summed E-state index contributed by atoms with van der Waals surface area (Å²) < 4.78 is 1.63. The van der Waals surface area contributed by atoms with Crippen LogP contribution in [0.25, 0.3) is 0 Å². The van der Waals surface area contributed by atoms with Crippen LogP contribution >= 0.6 is 0 Å². The minimum absolute atomic E-state index is 0.0892. The third-order valence-corrected chi connectivity index (χ3v) is 2.55. The molecule has 1 heterocycles. The largest absolute Gasteiger partial charge is 0.292 e. The van der Waals surface area contributed by atoms with Crippen molar-refractivity contribution in [2.24, 2.45) is 0 Å². The van der Waals surface area contributed by atoms with Gasteiger partial charge in [-0.3, -0.25) is 9.48 Å². The van der Waals surface area contributed by atoms with Crippen LogP contribution in [-0.4, -0.2) is 15.6 Å². The number of nitrogens with zero attached hydrogens (tertiary/aromatic N) is 2. The van der Waals surface area contributed by atoms with Gasteiger partial charge in [-0.25, -0.2) is 0 Å². The van der Waals surface area contributed by atoms with Gasteiger partial charge in [-0.2, -0.15) is 5.10 Å². The number of carbonyl (C=O) groups excluding carboxylic acids is 1. The van der Waals surface area contributed by atoms with Gasteiger partial charge in [-0.15, -0.1) is 0 Å². The van der Waals surface area contributed by atoms with Gasteiger partial charge in [-0.05, 0) is 18.1 Å². The fraction of sp³-hybridized carbons (Fsp3) is 0.231. The first kappa shape index (κ1) is 10.6. The normalized spacial score (nSPS) is 10.3. The van der Waals surface area contributed by atoms with Crippen molar-refractivity contribution in [1.29, 1.82) is 0 Å². The zero-order chi connectivity index (χ0) is 11.4. The molecule has 2 rings (SSSR count). The second kappa shape index (κ2) is 4.75. The van der Waals surface area contributed by atoms with E-state index in [1.807, 2.05) is 30.3 Å². The lowest BCUT2D eigenvalue weighted by Gasteiger charge is -2.02. The second-order valence-electron chi connectivity index (χ2n) is 3.68. The van der Waals surface area contributed by atoms with Crippen LogP contribution in [0.4, 0.5) is 0 Å². The van der Waals surface area contributed by atoms with Gasteiger partial charge >= 0.3 is 0 Å². The van der Waals surface area contributed by atoms with E-state index in [1.165, 1.54) is 5.56 Å². The molecule has 0 radical (unpaired) electrons. The van der Waals surface area contributed by atoms with Crippen molar-refractivity contribution in [2.45, 2.75) is 19.9 Å². The van der Waals surface area contributed by atoms with Crippen LogP contribution in [0.2, 0.25) is 0 Å². The van der Waals surface area contributed by atoms with E-state index in [0.717, 1.165) is 12.0 Å². The summed E-state index contributed by atoms with van der Waals surface area (Å²) in [5, 5.41) is 4.01. The van der Waals surface area contributed by atoms with Gasteiger partial charge in [0.05, 0.1) is 0 Å². The number of carbonyl (C=O) groups is 1. The number of rotatable bonds is 4. The summed E-state index contributed by atoms with van der Waals surface area (Å²) in [6, 6.07) is 9.56. The highest BCUT2D eigenvalue weighted by molar-refractivity contribution is 5.95. The van der Waals surface area contributed by atoms with Crippen molar-refractivity contribution < 1.29 is 4.79 Å². The second-order valence-corrected chi connectivity index (χ2v) is 3.68. The Balaban J connectivity index is 2.09. The summed E-state index contributed by atoms with van der Waals surface area (Å²) >= 11 is 0. The summed E-state index contributed by atoms with van der Waals surface area (Å²) in [4.78, 5) is 11.9. The van der Waals surface area contributed by atoms with Crippen LogP contribution in [0.15, 0.2) is 42.7 Å². The molecule has 0 unspecified atom stereocenters. The zero-order valence-electron chi connectivity index (χ0n) is 9.26. The molecule has 1 aromatic heterocycles. The van der Waals surface area contributed by atoms with Crippen LogP contribution in [0.1, 0.15) is 22.8 Å². The molecule has 1 aromatic carbocycles. The smallest absolute Gasteiger partial charge is 0.184 e. The van der Waals surface area contributed by atoms with Gasteiger partial charge in [0.15, 0.2) is 5.78 Å². The highest BCUT2D eigenvalue weighted by Gasteiger charge is 2.06. The molecule has 0 amide bonds. The lowest BCUT2D eigenvalue weighted by molar-refractivity contribution is 0.0967. The molecule has 3 heteroatoms. The first-order chi connectivity index (χ1) is 7.79. The minimum atomic E-state index is 0.0892. The van der Waals surface area contributed by atoms with Gasteiger partial charge in [0.25, 0.3) is 0 Å². The van der Waals surface area contributed by atoms with Crippen LogP contribution in [0, 0.1) is 0 Å². The topological polar surface area (TPSA) is 34.9 Å². The number of aromatic nitrogens is 2. The summed E-state index contributed by atoms with van der Waals surface area (Å²) in [6.45, 7) is 2.40. The third-order valence-electron chi connectivity index (χ3n) is 2.55. The van der Waals surface area contributed by atoms with Crippen LogP contribution in [0.5, 0.6) is 0 Å². The van der Waals surface area contributed by atoms with Gasteiger partial charge in [0, 0.05) is 18.0 Å². The number of ketones is 1. The molecule has 0 aliphatic carbocycles. The number of hydrogen-bond acceptors (Lipinski definition) is 2. The highest BCUT2D eigenvalue weighted by Crippen LogP contribution is 2.06. The Hall–Kier alpha value is -1.90. The van der Waals surface area contributed by atoms with Gasteiger partial charge < -0.3 is 0 Å². The van der Waals surface area contributed by atoms with E-state index in [2.05, 4.69) is 12.0 Å². The molecule has 16 heavy (non-hydrogen) atoms. The molecular weight excluding hydrogens is 200 g/mol. The molecule has 0 fully saturated rings. The Morgan fingerprint density at radius 3 is 2.62 bits per heavy atom. The molecule has 82 valence electrons. The van der Waals surface area contributed by atoms with Crippen molar-refractivity contribution in [1.82, 2.24) is 9.78 Å². The summed E-state index contributed by atoms with van der Waals surface area (Å²) in [5.74, 6) is 0.0892. The van der Waals surface area contributed by atoms with Crippen molar-refractivity contribution in [2.75, 3.05) is 0 Å². The van der Waals surface area contributed by atoms with E-state index in [-0.39, 0.29) is 5.78 Å². The molecular formula is C13H14N2O. The summed E-state index contributed by atoms with van der Waals surface area (Å²) in [6.07, 6.45) is 4.46. The van der Waals surface area contributed by atoms with Gasteiger partial charge in [0.2, 0.25) is 0 Å². The van der Waals surface area contributed by atoms with Crippen molar-refractivity contribution in [3.05, 3.63) is 53.9 Å². The van der Waals surface area contributed by atoms with Crippen LogP contribution < -0.4 is 0 Å². The molecule has 0 aliphatic heterocycles. The lowest BCUT2D eigenvalue weighted by Crippen LogP contribution is -2.10. The molecule has 0 N–H and O–H groups in total. The zero-order valence-corrected chi connectivity index (χ0v) is 9.26. The van der Waals surface area contributed by atoms with E-state index in [0.29, 0.717) is 6.54 Å². The van der Waals surface area contributed by atoms with Gasteiger partial charge in [-0.1, -0.05) is 31.2 Å². The fourth-order valence-corrected chi connectivity index (χ4v) is 1.56. The fourth-order valence-electron chi connectivity index (χ4n) is 1.56. The molecule has 0 atom stereocenters. The molecule has 0 aliphatic rings. The quantitative estimate of drug-likeness (QED) is 0.732. The average molecular weight is 214 g/mol. The van der Waals surface area contributed by atoms with Crippen molar-refractivity contribution in [3.8, 4) is 0 Å². The Bertz CT molecular complexity index is 457. The molecule has 2 aromatic rings. The Kier molecular flexibility index (Phi) is 3.15. The maximum Gasteiger partial charge on any atom is 0.184 e. The highest BCUT2D eigenvalue weighted by atomic mass is 16.1. The number of aryl methyl sites for hydroxylation is 1. The Labute approximate surface area is 94.7 Å². The predicted octanol–water partition coefficient (Wildman–Crippen LogP) is 2.33. The van der Waals surface area contributed by atoms with Crippen LogP contribution in [-0.2, 0) is 13.0 Å². The van der Waals surface area contributed by atoms with E-state index < -0.39 is 0 Å². The molecule has 0 spiro atoms. The average Bonchev–Trinajstić information content (AvgIpc) is 2.82. The van der Waals surface area contributed by atoms with Crippen molar-refractivity contribution >= 4 is 5.78 Å². The molecule has 0 bridgehead atoms. The summed E-state index contributed by atoms with van der Waals surface area (Å²) in [7, 11) is 0. The van der Waals surface area contributed by atoms with E-state index in [1.54, 1.807) is 17.1 Å². The van der Waals surface area contributed by atoms with Crippen LogP contribution in [0.3, 0.4) is 0 Å². The lowest BCUT2D eigenvalue weighted by atomic mass is 10.1. The first-order valence-corrected chi connectivity index (χ1v) is 5.39.